The van der Waals surface area contributed by atoms with Crippen LogP contribution in [0.2, 0.25) is 0 Å². The molecule has 0 spiro atoms. The molecule has 4 nitrogen and oxygen atoms in total. The summed E-state index contributed by atoms with van der Waals surface area (Å²) in [7, 11) is 1.40. The van der Waals surface area contributed by atoms with Crippen molar-refractivity contribution < 1.29 is 9.53 Å². The molecule has 1 heterocycles. The number of aromatic nitrogens is 1. The molecule has 3 fully saturated rings. The van der Waals surface area contributed by atoms with E-state index in [1.807, 2.05) is 0 Å². The quantitative estimate of drug-likeness (QED) is 0.852. The third-order valence-corrected chi connectivity index (χ3v) is 5.83. The standard InChI is InChI=1S/C13H16N2O2S/c1-17-12(16)8-5-14-13(18-8)15-11-9-6-2-3-7(4-6)10(9)11/h5-7,9-11H,2-4H2,1H3,(H,14,15). The largest absolute Gasteiger partial charge is 0.465 e. The summed E-state index contributed by atoms with van der Waals surface area (Å²) < 4.78 is 4.69. The highest BCUT2D eigenvalue weighted by Crippen LogP contribution is 2.66. The van der Waals surface area contributed by atoms with Gasteiger partial charge in [-0.05, 0) is 42.9 Å². The summed E-state index contributed by atoms with van der Waals surface area (Å²) in [6.45, 7) is 0. The van der Waals surface area contributed by atoms with Crippen molar-refractivity contribution in [3.05, 3.63) is 11.1 Å². The number of nitrogens with zero attached hydrogens (tertiary/aromatic N) is 1. The number of hydrogen-bond donors (Lipinski definition) is 1. The fourth-order valence-electron chi connectivity index (χ4n) is 4.20. The minimum atomic E-state index is -0.295. The highest BCUT2D eigenvalue weighted by Gasteiger charge is 2.65. The van der Waals surface area contributed by atoms with Gasteiger partial charge in [0.15, 0.2) is 5.13 Å². The van der Waals surface area contributed by atoms with Crippen LogP contribution >= 0.6 is 11.3 Å². The summed E-state index contributed by atoms with van der Waals surface area (Å²) in [5, 5.41) is 4.39. The Hall–Kier alpha value is -1.10. The van der Waals surface area contributed by atoms with Gasteiger partial charge in [-0.2, -0.15) is 0 Å². The van der Waals surface area contributed by atoms with E-state index in [4.69, 9.17) is 4.74 Å². The number of thiazole rings is 1. The minimum absolute atomic E-state index is 0.295. The van der Waals surface area contributed by atoms with E-state index >= 15 is 0 Å². The molecule has 3 aliphatic carbocycles. The predicted octanol–water partition coefficient (Wildman–Crippen LogP) is 2.39. The summed E-state index contributed by atoms with van der Waals surface area (Å²) in [5.74, 6) is 3.38. The van der Waals surface area contributed by atoms with E-state index in [0.29, 0.717) is 10.9 Å². The third-order valence-electron chi connectivity index (χ3n) is 4.92. The van der Waals surface area contributed by atoms with Crippen LogP contribution < -0.4 is 5.32 Å². The molecule has 0 aliphatic heterocycles. The Labute approximate surface area is 110 Å². The molecule has 0 saturated heterocycles. The number of nitrogens with one attached hydrogen (secondary N) is 1. The molecule has 96 valence electrons. The average molecular weight is 264 g/mol. The normalized spacial score (nSPS) is 39.5. The topological polar surface area (TPSA) is 51.2 Å². The van der Waals surface area contributed by atoms with Crippen molar-refractivity contribution in [1.29, 1.82) is 0 Å². The van der Waals surface area contributed by atoms with Gasteiger partial charge in [0, 0.05) is 6.04 Å². The zero-order valence-electron chi connectivity index (χ0n) is 10.3. The lowest BCUT2D eigenvalue weighted by Crippen LogP contribution is -2.12. The SMILES string of the molecule is COC(=O)c1cnc(NC2C3C4CCC(C4)C23)s1. The molecule has 0 radical (unpaired) electrons. The second-order valence-corrected chi connectivity index (χ2v) is 6.71. The van der Waals surface area contributed by atoms with Crippen molar-refractivity contribution in [3.8, 4) is 0 Å². The van der Waals surface area contributed by atoms with Crippen molar-refractivity contribution >= 4 is 22.4 Å². The lowest BCUT2D eigenvalue weighted by Gasteiger charge is -2.08. The molecular weight excluding hydrogens is 248 g/mol. The number of fused-ring (bicyclic) bond motifs is 5. The maximum Gasteiger partial charge on any atom is 0.349 e. The van der Waals surface area contributed by atoms with E-state index in [1.54, 1.807) is 6.20 Å². The molecule has 0 aromatic carbocycles. The summed E-state index contributed by atoms with van der Waals surface area (Å²) in [4.78, 5) is 16.2. The fourth-order valence-corrected chi connectivity index (χ4v) is 4.98. The average Bonchev–Trinajstić information content (AvgIpc) is 2.83. The summed E-state index contributed by atoms with van der Waals surface area (Å²) >= 11 is 1.40. The zero-order chi connectivity index (χ0) is 12.3. The van der Waals surface area contributed by atoms with Crippen LogP contribution in [0.5, 0.6) is 0 Å². The van der Waals surface area contributed by atoms with Gasteiger partial charge >= 0.3 is 5.97 Å². The number of esters is 1. The monoisotopic (exact) mass is 264 g/mol. The first kappa shape index (κ1) is 10.8. The Morgan fingerprint density at radius 3 is 2.83 bits per heavy atom. The Morgan fingerprint density at radius 2 is 2.17 bits per heavy atom. The van der Waals surface area contributed by atoms with Crippen molar-refractivity contribution in [2.75, 3.05) is 12.4 Å². The minimum Gasteiger partial charge on any atom is -0.465 e. The molecule has 4 rings (SSSR count). The van der Waals surface area contributed by atoms with Gasteiger partial charge in [0.2, 0.25) is 0 Å². The number of carbonyl (C=O) groups is 1. The van der Waals surface area contributed by atoms with E-state index in [0.717, 1.165) is 28.8 Å². The van der Waals surface area contributed by atoms with Crippen LogP contribution in [0.3, 0.4) is 0 Å². The molecule has 1 aromatic heterocycles. The highest BCUT2D eigenvalue weighted by molar-refractivity contribution is 7.17. The van der Waals surface area contributed by atoms with Gasteiger partial charge in [0.25, 0.3) is 0 Å². The zero-order valence-corrected chi connectivity index (χ0v) is 11.1. The third kappa shape index (κ3) is 1.43. The molecule has 3 saturated carbocycles. The molecule has 3 aliphatic rings. The van der Waals surface area contributed by atoms with E-state index in [2.05, 4.69) is 10.3 Å². The lowest BCUT2D eigenvalue weighted by atomic mass is 10.0. The van der Waals surface area contributed by atoms with Crippen LogP contribution in [0.15, 0.2) is 6.20 Å². The Balaban J connectivity index is 1.44. The molecule has 1 N–H and O–H groups in total. The number of hydrogen-bond acceptors (Lipinski definition) is 5. The smallest absolute Gasteiger partial charge is 0.349 e. The maximum absolute atomic E-state index is 11.4. The summed E-state index contributed by atoms with van der Waals surface area (Å²) in [5.41, 5.74) is 0. The molecule has 4 atom stereocenters. The van der Waals surface area contributed by atoms with Crippen LogP contribution in [-0.2, 0) is 4.74 Å². The molecule has 5 heteroatoms. The first-order valence-electron chi connectivity index (χ1n) is 6.58. The predicted molar refractivity (Wildman–Crippen MR) is 68.7 cm³/mol. The van der Waals surface area contributed by atoms with Crippen LogP contribution in [0.25, 0.3) is 0 Å². The van der Waals surface area contributed by atoms with E-state index in [1.165, 1.54) is 37.7 Å². The number of methoxy groups -OCH3 is 1. The summed E-state index contributed by atoms with van der Waals surface area (Å²) in [6.07, 6.45) is 5.91. The van der Waals surface area contributed by atoms with Crippen LogP contribution in [0, 0.1) is 23.7 Å². The number of ether oxygens (including phenoxy) is 1. The molecule has 1 aromatic rings. The van der Waals surface area contributed by atoms with Gasteiger partial charge in [-0.25, -0.2) is 9.78 Å². The first-order valence-corrected chi connectivity index (χ1v) is 7.40. The van der Waals surface area contributed by atoms with Gasteiger partial charge < -0.3 is 10.1 Å². The lowest BCUT2D eigenvalue weighted by molar-refractivity contribution is 0.0606. The molecule has 0 amide bonds. The van der Waals surface area contributed by atoms with E-state index < -0.39 is 0 Å². The second-order valence-electron chi connectivity index (χ2n) is 5.68. The van der Waals surface area contributed by atoms with Gasteiger partial charge in [-0.3, -0.25) is 0 Å². The van der Waals surface area contributed by atoms with E-state index in [9.17, 15) is 4.79 Å². The van der Waals surface area contributed by atoms with Gasteiger partial charge in [-0.1, -0.05) is 11.3 Å². The van der Waals surface area contributed by atoms with Crippen molar-refractivity contribution in [2.45, 2.75) is 25.3 Å². The summed E-state index contributed by atoms with van der Waals surface area (Å²) in [6, 6.07) is 0.618. The van der Waals surface area contributed by atoms with Crippen LogP contribution in [-0.4, -0.2) is 24.1 Å². The number of carbonyl (C=O) groups excluding carboxylic acids is 1. The molecular formula is C13H16N2O2S. The van der Waals surface area contributed by atoms with Crippen molar-refractivity contribution in [3.63, 3.8) is 0 Å². The fraction of sp³-hybridized carbons (Fsp3) is 0.692. The van der Waals surface area contributed by atoms with Crippen molar-refractivity contribution in [2.24, 2.45) is 23.7 Å². The maximum atomic E-state index is 11.4. The Morgan fingerprint density at radius 1 is 1.44 bits per heavy atom. The Kier molecular flexibility index (Phi) is 2.22. The molecule has 18 heavy (non-hydrogen) atoms. The highest BCUT2D eigenvalue weighted by atomic mass is 32.1. The number of rotatable bonds is 3. The van der Waals surface area contributed by atoms with Crippen LogP contribution in [0.4, 0.5) is 5.13 Å². The van der Waals surface area contributed by atoms with Gasteiger partial charge in [0.1, 0.15) is 4.88 Å². The van der Waals surface area contributed by atoms with Gasteiger partial charge in [-0.15, -0.1) is 0 Å². The van der Waals surface area contributed by atoms with Gasteiger partial charge in [0.05, 0.1) is 13.3 Å². The molecule has 2 bridgehead atoms. The molecule has 4 unspecified atom stereocenters. The van der Waals surface area contributed by atoms with E-state index in [-0.39, 0.29) is 5.97 Å². The number of anilines is 1. The second kappa shape index (κ2) is 3.70. The van der Waals surface area contributed by atoms with Crippen molar-refractivity contribution in [1.82, 2.24) is 4.98 Å². The van der Waals surface area contributed by atoms with Crippen LogP contribution in [0.1, 0.15) is 28.9 Å². The first-order chi connectivity index (χ1) is 8.78. The Bertz CT molecular complexity index is 485.